The standard InChI is InChI=1S/C34H40ClF2N3O2/c1-4-30-33(40-23(2)29(35)17-18-32(40)38-30)31(41)8-6-5-7-24-9-13-27(14-10-24)39-21-19-26(20-22-39)25-11-15-28(16-12-25)42-34(3,36)37/h9-18,23,26,29H,4-8,19-22H2,1-3H3. The van der Waals surface area contributed by atoms with Crippen molar-refractivity contribution in [3.05, 3.63) is 82.9 Å². The molecule has 5 rings (SSSR count). The second-order valence-electron chi connectivity index (χ2n) is 11.6. The number of hydrogen-bond acceptors (Lipinski definition) is 4. The zero-order chi connectivity index (χ0) is 29.9. The number of aromatic nitrogens is 2. The number of benzene rings is 2. The van der Waals surface area contributed by atoms with Crippen LogP contribution in [-0.2, 0) is 12.8 Å². The first-order valence-corrected chi connectivity index (χ1v) is 15.5. The molecule has 42 heavy (non-hydrogen) atoms. The number of imidazole rings is 1. The van der Waals surface area contributed by atoms with Crippen LogP contribution in [0.1, 0.15) is 98.0 Å². The average molecular weight is 596 g/mol. The van der Waals surface area contributed by atoms with E-state index in [0.29, 0.717) is 12.3 Å². The highest BCUT2D eigenvalue weighted by atomic mass is 35.5. The third-order valence-electron chi connectivity index (χ3n) is 8.47. The van der Waals surface area contributed by atoms with Gasteiger partial charge in [0, 0.05) is 32.1 Å². The summed E-state index contributed by atoms with van der Waals surface area (Å²) in [5, 5.41) is -0.143. The number of ether oxygens (including phenoxy) is 1. The molecule has 2 aromatic carbocycles. The molecule has 2 atom stereocenters. The number of hydrogen-bond donors (Lipinski definition) is 0. The van der Waals surface area contributed by atoms with E-state index in [-0.39, 0.29) is 23.0 Å². The lowest BCUT2D eigenvalue weighted by Gasteiger charge is -2.34. The van der Waals surface area contributed by atoms with E-state index in [1.165, 1.54) is 16.8 Å². The van der Waals surface area contributed by atoms with E-state index >= 15 is 0 Å². The number of alkyl halides is 3. The summed E-state index contributed by atoms with van der Waals surface area (Å²) in [5.74, 6) is 1.59. The Labute approximate surface area is 252 Å². The Bertz CT molecular complexity index is 1390. The Balaban J connectivity index is 1.08. The van der Waals surface area contributed by atoms with Crippen LogP contribution in [0.25, 0.3) is 6.08 Å². The van der Waals surface area contributed by atoms with Crippen LogP contribution in [0.5, 0.6) is 5.75 Å². The number of carbonyl (C=O) groups excluding carboxylic acids is 1. The van der Waals surface area contributed by atoms with Gasteiger partial charge < -0.3 is 14.2 Å². The Morgan fingerprint density at radius 1 is 1.07 bits per heavy atom. The molecular weight excluding hydrogens is 556 g/mol. The number of fused-ring (bicyclic) bond motifs is 1. The van der Waals surface area contributed by atoms with Crippen LogP contribution in [0.15, 0.2) is 54.6 Å². The van der Waals surface area contributed by atoms with Crippen LogP contribution in [-0.4, -0.2) is 39.9 Å². The van der Waals surface area contributed by atoms with Crippen molar-refractivity contribution in [3.63, 3.8) is 0 Å². The number of nitrogens with zero attached hydrogens (tertiary/aromatic N) is 3. The molecule has 0 bridgehead atoms. The first-order chi connectivity index (χ1) is 20.1. The van der Waals surface area contributed by atoms with Crippen LogP contribution in [0.2, 0.25) is 0 Å². The summed E-state index contributed by atoms with van der Waals surface area (Å²) in [4.78, 5) is 20.4. The van der Waals surface area contributed by atoms with Gasteiger partial charge >= 0.3 is 6.11 Å². The summed E-state index contributed by atoms with van der Waals surface area (Å²) < 4.78 is 32.9. The van der Waals surface area contributed by atoms with Crippen LogP contribution in [0.3, 0.4) is 0 Å². The molecule has 224 valence electrons. The summed E-state index contributed by atoms with van der Waals surface area (Å²) in [5.41, 5.74) is 5.27. The third-order valence-corrected chi connectivity index (χ3v) is 8.98. The first-order valence-electron chi connectivity index (χ1n) is 15.1. The fourth-order valence-corrected chi connectivity index (χ4v) is 6.33. The van der Waals surface area contributed by atoms with Gasteiger partial charge in [-0.05, 0) is 92.8 Å². The van der Waals surface area contributed by atoms with Gasteiger partial charge in [-0.1, -0.05) is 37.3 Å². The first kappa shape index (κ1) is 30.3. The molecule has 1 saturated heterocycles. The van der Waals surface area contributed by atoms with Gasteiger partial charge in [-0.2, -0.15) is 8.78 Å². The van der Waals surface area contributed by atoms with Crippen molar-refractivity contribution >= 4 is 29.1 Å². The van der Waals surface area contributed by atoms with Gasteiger partial charge in [-0.15, -0.1) is 11.6 Å². The number of ketones is 1. The van der Waals surface area contributed by atoms with Crippen LogP contribution in [0.4, 0.5) is 14.5 Å². The predicted octanol–water partition coefficient (Wildman–Crippen LogP) is 8.61. The summed E-state index contributed by atoms with van der Waals surface area (Å²) in [6.45, 7) is 6.74. The number of rotatable bonds is 11. The van der Waals surface area contributed by atoms with E-state index in [1.807, 2.05) is 42.7 Å². The van der Waals surface area contributed by atoms with Crippen molar-refractivity contribution in [3.8, 4) is 5.75 Å². The highest BCUT2D eigenvalue weighted by Gasteiger charge is 2.29. The number of aryl methyl sites for hydroxylation is 2. The van der Waals surface area contributed by atoms with Crippen LogP contribution < -0.4 is 9.64 Å². The van der Waals surface area contributed by atoms with Crippen molar-refractivity contribution in [2.45, 2.75) is 89.2 Å². The zero-order valence-electron chi connectivity index (χ0n) is 24.7. The molecule has 0 spiro atoms. The summed E-state index contributed by atoms with van der Waals surface area (Å²) >= 11 is 6.46. The Morgan fingerprint density at radius 3 is 2.40 bits per heavy atom. The lowest BCUT2D eigenvalue weighted by molar-refractivity contribution is -0.158. The molecule has 2 aliphatic heterocycles. The number of unbranched alkanes of at least 4 members (excludes halogenated alkanes) is 1. The highest BCUT2D eigenvalue weighted by Crippen LogP contribution is 2.33. The average Bonchev–Trinajstić information content (AvgIpc) is 3.37. The van der Waals surface area contributed by atoms with Crippen LogP contribution in [0, 0.1) is 0 Å². The molecule has 3 aromatic rings. The Kier molecular flexibility index (Phi) is 9.36. The van der Waals surface area contributed by atoms with Crippen molar-refractivity contribution in [1.29, 1.82) is 0 Å². The quantitative estimate of drug-likeness (QED) is 0.126. The van der Waals surface area contributed by atoms with Gasteiger partial charge in [0.05, 0.1) is 17.1 Å². The third kappa shape index (κ3) is 7.05. The van der Waals surface area contributed by atoms with Crippen molar-refractivity contribution < 1.29 is 18.3 Å². The van der Waals surface area contributed by atoms with Gasteiger partial charge in [-0.3, -0.25) is 4.79 Å². The minimum Gasteiger partial charge on any atom is -0.433 e. The van der Waals surface area contributed by atoms with Crippen molar-refractivity contribution in [1.82, 2.24) is 9.55 Å². The maximum atomic E-state index is 13.3. The molecule has 2 aliphatic rings. The molecule has 3 heterocycles. The summed E-state index contributed by atoms with van der Waals surface area (Å²) in [7, 11) is 0. The molecule has 0 radical (unpaired) electrons. The molecule has 0 amide bonds. The zero-order valence-corrected chi connectivity index (χ0v) is 25.4. The lowest BCUT2D eigenvalue weighted by atomic mass is 9.89. The minimum absolute atomic E-state index is 0.00765. The van der Waals surface area contributed by atoms with E-state index < -0.39 is 6.11 Å². The van der Waals surface area contributed by atoms with E-state index in [2.05, 4.69) is 33.9 Å². The van der Waals surface area contributed by atoms with Gasteiger partial charge in [0.25, 0.3) is 0 Å². The highest BCUT2D eigenvalue weighted by molar-refractivity contribution is 6.22. The summed E-state index contributed by atoms with van der Waals surface area (Å²) in [6.07, 6.45) is 6.69. The number of piperidine rings is 1. The van der Waals surface area contributed by atoms with Crippen LogP contribution >= 0.6 is 11.6 Å². The van der Waals surface area contributed by atoms with Crippen molar-refractivity contribution in [2.75, 3.05) is 18.0 Å². The van der Waals surface area contributed by atoms with E-state index in [9.17, 15) is 13.6 Å². The monoisotopic (exact) mass is 595 g/mol. The molecule has 0 N–H and O–H groups in total. The minimum atomic E-state index is -3.17. The molecule has 2 unspecified atom stereocenters. The fraction of sp³-hybridized carbons (Fsp3) is 0.471. The lowest BCUT2D eigenvalue weighted by Crippen LogP contribution is -2.32. The number of anilines is 1. The number of carbonyl (C=O) groups is 1. The largest absolute Gasteiger partial charge is 0.433 e. The Hall–Kier alpha value is -3.19. The molecule has 5 nitrogen and oxygen atoms in total. The molecule has 0 aliphatic carbocycles. The fourth-order valence-electron chi connectivity index (χ4n) is 6.14. The molecule has 1 aromatic heterocycles. The van der Waals surface area contributed by atoms with E-state index in [4.69, 9.17) is 16.6 Å². The Morgan fingerprint density at radius 2 is 1.76 bits per heavy atom. The second-order valence-corrected chi connectivity index (χ2v) is 12.1. The van der Waals surface area contributed by atoms with E-state index in [1.54, 1.807) is 12.1 Å². The topological polar surface area (TPSA) is 47.4 Å². The van der Waals surface area contributed by atoms with E-state index in [0.717, 1.165) is 75.8 Å². The SMILES string of the molecule is CCc1nc2n(c1C(=O)CCCCc1ccc(N3CCC(c4ccc(OC(C)(F)F)cc4)CC3)cc1)C(C)C(Cl)C=C2. The smallest absolute Gasteiger partial charge is 0.394 e. The normalized spacial score (nSPS) is 19.1. The number of Topliss-reactive ketones (excluding diaryl/α,β-unsaturated/α-hetero) is 1. The maximum absolute atomic E-state index is 13.3. The van der Waals surface area contributed by atoms with Gasteiger partial charge in [0.1, 0.15) is 17.3 Å². The summed E-state index contributed by atoms with van der Waals surface area (Å²) in [6, 6.07) is 15.9. The predicted molar refractivity (Wildman–Crippen MR) is 165 cm³/mol. The second kappa shape index (κ2) is 13.0. The maximum Gasteiger partial charge on any atom is 0.394 e. The molecule has 1 fully saturated rings. The number of allylic oxidation sites excluding steroid dienone is 1. The molecule has 0 saturated carbocycles. The molecule has 8 heteroatoms. The number of halogens is 3. The van der Waals surface area contributed by atoms with Gasteiger partial charge in [-0.25, -0.2) is 4.98 Å². The van der Waals surface area contributed by atoms with Gasteiger partial charge in [0.2, 0.25) is 0 Å². The van der Waals surface area contributed by atoms with Crippen molar-refractivity contribution in [2.24, 2.45) is 0 Å². The molecular formula is C34H40ClF2N3O2. The van der Waals surface area contributed by atoms with Gasteiger partial charge in [0.15, 0.2) is 5.78 Å².